The van der Waals surface area contributed by atoms with Crippen LogP contribution in [0.4, 0.5) is 11.4 Å². The molecule has 0 amide bonds. The lowest BCUT2D eigenvalue weighted by Gasteiger charge is -2.45. The number of nitro benzene ring substituents is 1. The van der Waals surface area contributed by atoms with E-state index in [9.17, 15) is 18.5 Å². The fourth-order valence-electron chi connectivity index (χ4n) is 3.48. The summed E-state index contributed by atoms with van der Waals surface area (Å²) < 4.78 is 23.7. The van der Waals surface area contributed by atoms with Gasteiger partial charge < -0.3 is 4.90 Å². The van der Waals surface area contributed by atoms with Crippen LogP contribution in [0.3, 0.4) is 0 Å². The molecule has 1 aromatic carbocycles. The van der Waals surface area contributed by atoms with Gasteiger partial charge in [0, 0.05) is 37.8 Å². The number of primary sulfonamides is 1. The van der Waals surface area contributed by atoms with Crippen LogP contribution in [0, 0.1) is 10.1 Å². The molecule has 0 unspecified atom stereocenters. The van der Waals surface area contributed by atoms with Gasteiger partial charge in [0.2, 0.25) is 10.0 Å². The first-order chi connectivity index (χ1) is 10.9. The van der Waals surface area contributed by atoms with E-state index < -0.39 is 14.9 Å². The molecule has 2 saturated heterocycles. The zero-order valence-corrected chi connectivity index (χ0v) is 13.5. The van der Waals surface area contributed by atoms with E-state index in [0.29, 0.717) is 18.3 Å². The van der Waals surface area contributed by atoms with E-state index in [1.54, 1.807) is 0 Å². The molecule has 2 aliphatic heterocycles. The van der Waals surface area contributed by atoms with Crippen molar-refractivity contribution in [2.75, 3.05) is 31.1 Å². The first-order valence-electron chi connectivity index (χ1n) is 7.66. The van der Waals surface area contributed by atoms with E-state index in [0.717, 1.165) is 32.1 Å². The summed E-state index contributed by atoms with van der Waals surface area (Å²) in [7, 11) is -4.03. The lowest BCUT2D eigenvalue weighted by Crippen LogP contribution is -2.55. The molecule has 1 atom stereocenters. The molecular weight excluding hydrogens is 320 g/mol. The summed E-state index contributed by atoms with van der Waals surface area (Å²) in [5.74, 6) is 0. The molecule has 0 aromatic heterocycles. The van der Waals surface area contributed by atoms with E-state index in [4.69, 9.17) is 5.14 Å². The van der Waals surface area contributed by atoms with Gasteiger partial charge in [-0.15, -0.1) is 0 Å². The van der Waals surface area contributed by atoms with Gasteiger partial charge in [0.05, 0.1) is 10.6 Å². The van der Waals surface area contributed by atoms with Crippen LogP contribution in [-0.2, 0) is 10.0 Å². The number of piperazine rings is 1. The van der Waals surface area contributed by atoms with E-state index in [2.05, 4.69) is 4.90 Å². The quantitative estimate of drug-likeness (QED) is 0.647. The minimum Gasteiger partial charge on any atom is -0.368 e. The number of piperidine rings is 1. The SMILES string of the molecule is NS(=O)(=O)c1cc([N+](=O)[O-])ccc1N1CCN2CCCC[C@@H]2C1. The third-order valence-electron chi connectivity index (χ3n) is 4.64. The second-order valence-corrected chi connectivity index (χ2v) is 7.62. The number of hydrogen-bond acceptors (Lipinski definition) is 6. The van der Waals surface area contributed by atoms with Gasteiger partial charge in [-0.3, -0.25) is 15.0 Å². The summed E-state index contributed by atoms with van der Waals surface area (Å²) in [6.45, 7) is 3.36. The van der Waals surface area contributed by atoms with E-state index in [1.807, 2.05) is 4.90 Å². The molecule has 8 nitrogen and oxygen atoms in total. The predicted molar refractivity (Wildman–Crippen MR) is 85.9 cm³/mol. The smallest absolute Gasteiger partial charge is 0.270 e. The Balaban J connectivity index is 1.94. The van der Waals surface area contributed by atoms with Crippen molar-refractivity contribution < 1.29 is 13.3 Å². The van der Waals surface area contributed by atoms with Crippen molar-refractivity contribution in [2.45, 2.75) is 30.2 Å². The number of hydrogen-bond donors (Lipinski definition) is 1. The number of anilines is 1. The molecule has 2 fully saturated rings. The van der Waals surface area contributed by atoms with Gasteiger partial charge in [-0.05, 0) is 25.5 Å². The van der Waals surface area contributed by atoms with Crippen molar-refractivity contribution >= 4 is 21.4 Å². The Morgan fingerprint density at radius 3 is 2.70 bits per heavy atom. The molecule has 23 heavy (non-hydrogen) atoms. The summed E-state index contributed by atoms with van der Waals surface area (Å²) in [6.07, 6.45) is 3.47. The van der Waals surface area contributed by atoms with Crippen molar-refractivity contribution in [3.8, 4) is 0 Å². The number of sulfonamides is 1. The first-order valence-corrected chi connectivity index (χ1v) is 9.21. The van der Waals surface area contributed by atoms with Gasteiger partial charge in [-0.25, -0.2) is 13.6 Å². The molecule has 0 bridgehead atoms. The molecule has 1 aromatic rings. The highest BCUT2D eigenvalue weighted by Crippen LogP contribution is 2.31. The summed E-state index contributed by atoms with van der Waals surface area (Å²) in [5, 5.41) is 16.2. The van der Waals surface area contributed by atoms with E-state index in [-0.39, 0.29) is 10.6 Å². The molecular formula is C14H20N4O4S. The van der Waals surface area contributed by atoms with Crippen LogP contribution in [0.25, 0.3) is 0 Å². The molecule has 0 saturated carbocycles. The van der Waals surface area contributed by atoms with Crippen molar-refractivity contribution in [1.29, 1.82) is 0 Å². The zero-order chi connectivity index (χ0) is 16.6. The third-order valence-corrected chi connectivity index (χ3v) is 5.58. The third kappa shape index (κ3) is 3.31. The molecule has 3 rings (SSSR count). The summed E-state index contributed by atoms with van der Waals surface area (Å²) in [5.41, 5.74) is 0.192. The highest BCUT2D eigenvalue weighted by molar-refractivity contribution is 7.89. The number of nitrogens with zero attached hydrogens (tertiary/aromatic N) is 3. The van der Waals surface area contributed by atoms with Crippen LogP contribution in [0.15, 0.2) is 23.1 Å². The molecule has 9 heteroatoms. The Labute approximate surface area is 135 Å². The fraction of sp³-hybridized carbons (Fsp3) is 0.571. The van der Waals surface area contributed by atoms with Gasteiger partial charge in [0.25, 0.3) is 5.69 Å². The maximum atomic E-state index is 11.9. The lowest BCUT2D eigenvalue weighted by atomic mass is 9.99. The Bertz CT molecular complexity index is 721. The van der Waals surface area contributed by atoms with Crippen LogP contribution >= 0.6 is 0 Å². The second kappa shape index (κ2) is 6.06. The Kier molecular flexibility index (Phi) is 4.26. The molecule has 0 aliphatic carbocycles. The number of rotatable bonds is 3. The summed E-state index contributed by atoms with van der Waals surface area (Å²) in [4.78, 5) is 14.5. The first kappa shape index (κ1) is 16.2. The van der Waals surface area contributed by atoms with Gasteiger partial charge in [0.15, 0.2) is 0 Å². The van der Waals surface area contributed by atoms with Gasteiger partial charge in [0.1, 0.15) is 4.90 Å². The van der Waals surface area contributed by atoms with Gasteiger partial charge in [-0.2, -0.15) is 0 Å². The summed E-state index contributed by atoms with van der Waals surface area (Å²) >= 11 is 0. The fourth-order valence-corrected chi connectivity index (χ4v) is 4.25. The Morgan fingerprint density at radius 1 is 1.22 bits per heavy atom. The molecule has 126 valence electrons. The average molecular weight is 340 g/mol. The molecule has 2 heterocycles. The minimum absolute atomic E-state index is 0.170. The standard InChI is InChI=1S/C14H20N4O4S/c15-23(21,22)14-9-11(18(19)20)4-5-13(14)17-8-7-16-6-2-1-3-12(16)10-17/h4-5,9,12H,1-3,6-8,10H2,(H2,15,21,22)/t12-/m1/s1. The Hall–Kier alpha value is -1.71. The highest BCUT2D eigenvalue weighted by atomic mass is 32.2. The Morgan fingerprint density at radius 2 is 2.00 bits per heavy atom. The van der Waals surface area contributed by atoms with Crippen LogP contribution in [0.2, 0.25) is 0 Å². The van der Waals surface area contributed by atoms with Crippen molar-refractivity contribution in [3.63, 3.8) is 0 Å². The average Bonchev–Trinajstić information content (AvgIpc) is 2.53. The van der Waals surface area contributed by atoms with E-state index in [1.165, 1.54) is 25.0 Å². The topological polar surface area (TPSA) is 110 Å². The normalized spacial score (nSPS) is 22.7. The largest absolute Gasteiger partial charge is 0.368 e. The number of nitro groups is 1. The monoisotopic (exact) mass is 340 g/mol. The molecule has 0 spiro atoms. The molecule has 2 aliphatic rings. The molecule has 0 radical (unpaired) electrons. The summed E-state index contributed by atoms with van der Waals surface area (Å²) in [6, 6.07) is 4.28. The maximum absolute atomic E-state index is 11.9. The van der Waals surface area contributed by atoms with Crippen molar-refractivity contribution in [1.82, 2.24) is 4.90 Å². The highest BCUT2D eigenvalue weighted by Gasteiger charge is 2.31. The van der Waals surface area contributed by atoms with Crippen LogP contribution in [0.1, 0.15) is 19.3 Å². The van der Waals surface area contributed by atoms with Crippen LogP contribution in [0.5, 0.6) is 0 Å². The number of fused-ring (bicyclic) bond motifs is 1. The van der Waals surface area contributed by atoms with E-state index >= 15 is 0 Å². The van der Waals surface area contributed by atoms with Gasteiger partial charge in [-0.1, -0.05) is 6.42 Å². The number of non-ortho nitro benzene ring substituents is 1. The van der Waals surface area contributed by atoms with Crippen molar-refractivity contribution in [3.05, 3.63) is 28.3 Å². The lowest BCUT2D eigenvalue weighted by molar-refractivity contribution is -0.385. The maximum Gasteiger partial charge on any atom is 0.270 e. The second-order valence-electron chi connectivity index (χ2n) is 6.09. The molecule has 2 N–H and O–H groups in total. The minimum atomic E-state index is -4.03. The zero-order valence-electron chi connectivity index (χ0n) is 12.7. The van der Waals surface area contributed by atoms with Crippen molar-refractivity contribution in [2.24, 2.45) is 5.14 Å². The number of benzene rings is 1. The van der Waals surface area contributed by atoms with Gasteiger partial charge >= 0.3 is 0 Å². The van der Waals surface area contributed by atoms with Crippen LogP contribution in [-0.4, -0.2) is 50.5 Å². The number of nitrogens with two attached hydrogens (primary N) is 1. The van der Waals surface area contributed by atoms with Crippen LogP contribution < -0.4 is 10.0 Å². The predicted octanol–water partition coefficient (Wildman–Crippen LogP) is 0.917.